The summed E-state index contributed by atoms with van der Waals surface area (Å²) in [5.74, 6) is -0.383. The number of fused-ring (bicyclic) bond motifs is 1. The number of amides is 1. The predicted molar refractivity (Wildman–Crippen MR) is 82.0 cm³/mol. The van der Waals surface area contributed by atoms with Crippen molar-refractivity contribution in [3.05, 3.63) is 59.4 Å². The number of rotatable bonds is 3. The van der Waals surface area contributed by atoms with Crippen molar-refractivity contribution in [3.8, 4) is 0 Å². The van der Waals surface area contributed by atoms with Gasteiger partial charge in [-0.15, -0.1) is 0 Å². The Morgan fingerprint density at radius 3 is 2.81 bits per heavy atom. The molecule has 2 N–H and O–H groups in total. The fourth-order valence-electron chi connectivity index (χ4n) is 2.55. The van der Waals surface area contributed by atoms with Crippen LogP contribution in [0, 0.1) is 5.82 Å². The minimum Gasteiger partial charge on any atom is -0.385 e. The SMILES string of the molecule is O=C(Cc1ccc(F)cc1)Nc1ccc2c(c1)CCCN2. The molecule has 21 heavy (non-hydrogen) atoms. The number of benzene rings is 2. The lowest BCUT2D eigenvalue weighted by Crippen LogP contribution is -2.16. The van der Waals surface area contributed by atoms with Crippen molar-refractivity contribution in [1.29, 1.82) is 0 Å². The predicted octanol–water partition coefficient (Wildman–Crippen LogP) is 3.37. The smallest absolute Gasteiger partial charge is 0.228 e. The molecule has 3 rings (SSSR count). The van der Waals surface area contributed by atoms with Crippen LogP contribution in [0.1, 0.15) is 17.5 Å². The molecular formula is C17H17FN2O. The Morgan fingerprint density at radius 2 is 2.00 bits per heavy atom. The Hall–Kier alpha value is -2.36. The molecule has 4 heteroatoms. The van der Waals surface area contributed by atoms with Gasteiger partial charge in [-0.05, 0) is 54.3 Å². The summed E-state index contributed by atoms with van der Waals surface area (Å²) in [5.41, 5.74) is 4.00. The summed E-state index contributed by atoms with van der Waals surface area (Å²) < 4.78 is 12.8. The Balaban J connectivity index is 1.65. The van der Waals surface area contributed by atoms with Gasteiger partial charge in [0, 0.05) is 17.9 Å². The van der Waals surface area contributed by atoms with Gasteiger partial charge in [-0.3, -0.25) is 4.79 Å². The maximum atomic E-state index is 12.8. The molecule has 2 aromatic rings. The van der Waals surface area contributed by atoms with Crippen LogP contribution in [0.15, 0.2) is 42.5 Å². The van der Waals surface area contributed by atoms with E-state index < -0.39 is 0 Å². The fourth-order valence-corrected chi connectivity index (χ4v) is 2.55. The molecule has 0 saturated heterocycles. The van der Waals surface area contributed by atoms with Gasteiger partial charge in [0.1, 0.15) is 5.82 Å². The molecule has 0 saturated carbocycles. The van der Waals surface area contributed by atoms with Crippen molar-refractivity contribution >= 4 is 17.3 Å². The number of halogens is 1. The van der Waals surface area contributed by atoms with E-state index in [0.29, 0.717) is 0 Å². The molecule has 3 nitrogen and oxygen atoms in total. The van der Waals surface area contributed by atoms with E-state index in [0.717, 1.165) is 36.3 Å². The van der Waals surface area contributed by atoms with E-state index in [1.165, 1.54) is 17.7 Å². The summed E-state index contributed by atoms with van der Waals surface area (Å²) in [7, 11) is 0. The van der Waals surface area contributed by atoms with Gasteiger partial charge in [0.25, 0.3) is 0 Å². The van der Waals surface area contributed by atoms with E-state index in [4.69, 9.17) is 0 Å². The van der Waals surface area contributed by atoms with Crippen LogP contribution in [-0.2, 0) is 17.6 Å². The molecule has 1 aliphatic rings. The van der Waals surface area contributed by atoms with Crippen molar-refractivity contribution in [2.24, 2.45) is 0 Å². The number of carbonyl (C=O) groups excluding carboxylic acids is 1. The van der Waals surface area contributed by atoms with Gasteiger partial charge in [0.15, 0.2) is 0 Å². The second kappa shape index (κ2) is 5.95. The summed E-state index contributed by atoms with van der Waals surface area (Å²) in [4.78, 5) is 12.0. The third-order valence-electron chi connectivity index (χ3n) is 3.61. The molecule has 1 amide bonds. The molecule has 2 aromatic carbocycles. The third kappa shape index (κ3) is 3.40. The Bertz CT molecular complexity index is 652. The normalized spacial score (nSPS) is 13.2. The molecule has 0 spiro atoms. The highest BCUT2D eigenvalue weighted by Crippen LogP contribution is 2.25. The molecule has 0 atom stereocenters. The number of hydrogen-bond donors (Lipinski definition) is 2. The summed E-state index contributed by atoms with van der Waals surface area (Å²) in [5, 5.41) is 6.23. The summed E-state index contributed by atoms with van der Waals surface area (Å²) in [6.45, 7) is 1.00. The molecule has 0 aromatic heterocycles. The highest BCUT2D eigenvalue weighted by atomic mass is 19.1. The standard InChI is InChI=1S/C17H17FN2O/c18-14-5-3-12(4-6-14)10-17(21)20-15-7-8-16-13(11-15)2-1-9-19-16/h3-8,11,19H,1-2,9-10H2,(H,20,21). The van der Waals surface area contributed by atoms with Gasteiger partial charge in [0.2, 0.25) is 5.91 Å². The first kappa shape index (κ1) is 13.6. The van der Waals surface area contributed by atoms with Crippen molar-refractivity contribution in [1.82, 2.24) is 0 Å². The van der Waals surface area contributed by atoms with E-state index in [1.807, 2.05) is 18.2 Å². The first-order chi connectivity index (χ1) is 10.2. The lowest BCUT2D eigenvalue weighted by atomic mass is 10.0. The number of carbonyl (C=O) groups is 1. The van der Waals surface area contributed by atoms with Crippen LogP contribution in [0.3, 0.4) is 0 Å². The molecule has 1 heterocycles. The molecule has 0 radical (unpaired) electrons. The van der Waals surface area contributed by atoms with Crippen molar-refractivity contribution in [2.75, 3.05) is 17.2 Å². The number of aryl methyl sites for hydroxylation is 1. The minimum atomic E-state index is -0.290. The van der Waals surface area contributed by atoms with Crippen LogP contribution < -0.4 is 10.6 Å². The topological polar surface area (TPSA) is 41.1 Å². The average Bonchev–Trinajstić information content (AvgIpc) is 2.49. The maximum Gasteiger partial charge on any atom is 0.228 e. The van der Waals surface area contributed by atoms with Gasteiger partial charge in [0.05, 0.1) is 6.42 Å². The number of hydrogen-bond acceptors (Lipinski definition) is 2. The zero-order valence-electron chi connectivity index (χ0n) is 11.7. The summed E-state index contributed by atoms with van der Waals surface area (Å²) in [6.07, 6.45) is 2.39. The van der Waals surface area contributed by atoms with Gasteiger partial charge in [-0.2, -0.15) is 0 Å². The molecule has 0 unspecified atom stereocenters. The van der Waals surface area contributed by atoms with E-state index in [1.54, 1.807) is 12.1 Å². The molecular weight excluding hydrogens is 267 g/mol. The number of nitrogens with one attached hydrogen (secondary N) is 2. The van der Waals surface area contributed by atoms with Gasteiger partial charge < -0.3 is 10.6 Å². The Kier molecular flexibility index (Phi) is 3.86. The number of anilines is 2. The van der Waals surface area contributed by atoms with Crippen LogP contribution in [-0.4, -0.2) is 12.5 Å². The van der Waals surface area contributed by atoms with E-state index in [9.17, 15) is 9.18 Å². The van der Waals surface area contributed by atoms with Crippen molar-refractivity contribution < 1.29 is 9.18 Å². The van der Waals surface area contributed by atoms with Crippen LogP contribution in [0.4, 0.5) is 15.8 Å². The minimum absolute atomic E-state index is 0.0923. The molecule has 1 aliphatic heterocycles. The average molecular weight is 284 g/mol. The van der Waals surface area contributed by atoms with Crippen molar-refractivity contribution in [2.45, 2.75) is 19.3 Å². The zero-order valence-corrected chi connectivity index (χ0v) is 11.7. The molecule has 0 bridgehead atoms. The second-order valence-electron chi connectivity index (χ2n) is 5.25. The molecule has 0 fully saturated rings. The fraction of sp³-hybridized carbons (Fsp3) is 0.235. The van der Waals surface area contributed by atoms with E-state index in [2.05, 4.69) is 10.6 Å². The molecule has 108 valence electrons. The maximum absolute atomic E-state index is 12.8. The highest BCUT2D eigenvalue weighted by molar-refractivity contribution is 5.92. The van der Waals surface area contributed by atoms with E-state index >= 15 is 0 Å². The van der Waals surface area contributed by atoms with Gasteiger partial charge in [-0.25, -0.2) is 4.39 Å². The van der Waals surface area contributed by atoms with E-state index in [-0.39, 0.29) is 18.1 Å². The largest absolute Gasteiger partial charge is 0.385 e. The monoisotopic (exact) mass is 284 g/mol. The van der Waals surface area contributed by atoms with Crippen LogP contribution in [0.25, 0.3) is 0 Å². The second-order valence-corrected chi connectivity index (χ2v) is 5.25. The Labute approximate surface area is 123 Å². The van der Waals surface area contributed by atoms with Crippen LogP contribution >= 0.6 is 0 Å². The highest BCUT2D eigenvalue weighted by Gasteiger charge is 2.10. The Morgan fingerprint density at radius 1 is 1.19 bits per heavy atom. The summed E-state index contributed by atoms with van der Waals surface area (Å²) >= 11 is 0. The molecule has 0 aliphatic carbocycles. The first-order valence-corrected chi connectivity index (χ1v) is 7.12. The lowest BCUT2D eigenvalue weighted by molar-refractivity contribution is -0.115. The van der Waals surface area contributed by atoms with Gasteiger partial charge in [-0.1, -0.05) is 12.1 Å². The summed E-state index contributed by atoms with van der Waals surface area (Å²) in [6, 6.07) is 11.9. The first-order valence-electron chi connectivity index (χ1n) is 7.12. The van der Waals surface area contributed by atoms with Crippen molar-refractivity contribution in [3.63, 3.8) is 0 Å². The quantitative estimate of drug-likeness (QED) is 0.907. The zero-order chi connectivity index (χ0) is 14.7. The third-order valence-corrected chi connectivity index (χ3v) is 3.61. The lowest BCUT2D eigenvalue weighted by Gasteiger charge is -2.18. The van der Waals surface area contributed by atoms with Crippen LogP contribution in [0.5, 0.6) is 0 Å². The van der Waals surface area contributed by atoms with Crippen LogP contribution in [0.2, 0.25) is 0 Å². The van der Waals surface area contributed by atoms with Gasteiger partial charge >= 0.3 is 0 Å².